The van der Waals surface area contributed by atoms with Crippen molar-refractivity contribution >= 4 is 27.4 Å². The van der Waals surface area contributed by atoms with E-state index < -0.39 is 0 Å². The van der Waals surface area contributed by atoms with Crippen molar-refractivity contribution in [3.05, 3.63) is 24.3 Å². The number of hydrogen-bond acceptors (Lipinski definition) is 6. The van der Waals surface area contributed by atoms with E-state index >= 15 is 0 Å². The van der Waals surface area contributed by atoms with Crippen molar-refractivity contribution < 1.29 is 4.74 Å². The highest BCUT2D eigenvalue weighted by Gasteiger charge is 2.21. The van der Waals surface area contributed by atoms with Gasteiger partial charge in [-0.1, -0.05) is 12.1 Å². The van der Waals surface area contributed by atoms with Gasteiger partial charge in [-0.3, -0.25) is 4.90 Å². The molecule has 1 N–H and O–H groups in total. The van der Waals surface area contributed by atoms with Gasteiger partial charge >= 0.3 is 0 Å². The van der Waals surface area contributed by atoms with Crippen molar-refractivity contribution in [3.8, 4) is 0 Å². The van der Waals surface area contributed by atoms with Gasteiger partial charge in [0.15, 0.2) is 0 Å². The standard InChI is InChI=1S/C18H26N4OS/c1-2-6-17-16(5-1)18(24-20-17)19-15-4-3-7-22(14-15)9-8-21-10-12-23-13-11-21/h1-2,5-6,15,19H,3-4,7-14H2. The molecule has 0 bridgehead atoms. The van der Waals surface area contributed by atoms with Crippen LogP contribution >= 0.6 is 11.5 Å². The number of ether oxygens (including phenoxy) is 1. The Kier molecular flexibility index (Phi) is 5.27. The average Bonchev–Trinajstić information content (AvgIpc) is 3.04. The van der Waals surface area contributed by atoms with Crippen LogP contribution in [0.2, 0.25) is 0 Å². The smallest absolute Gasteiger partial charge is 0.117 e. The first-order valence-corrected chi connectivity index (χ1v) is 9.79. The number of piperidine rings is 1. The van der Waals surface area contributed by atoms with E-state index in [1.807, 2.05) is 0 Å². The van der Waals surface area contributed by atoms with Gasteiger partial charge in [-0.15, -0.1) is 0 Å². The molecule has 0 spiro atoms. The molecular formula is C18H26N4OS. The van der Waals surface area contributed by atoms with Crippen molar-refractivity contribution in [3.63, 3.8) is 0 Å². The van der Waals surface area contributed by atoms with Gasteiger partial charge in [0, 0.05) is 44.2 Å². The minimum atomic E-state index is 0.535. The van der Waals surface area contributed by atoms with Crippen LogP contribution in [-0.2, 0) is 4.74 Å². The second-order valence-corrected chi connectivity index (χ2v) is 7.54. The molecule has 24 heavy (non-hydrogen) atoms. The Labute approximate surface area is 147 Å². The number of hydrogen-bond donors (Lipinski definition) is 1. The van der Waals surface area contributed by atoms with E-state index in [-0.39, 0.29) is 0 Å². The first kappa shape index (κ1) is 16.3. The fourth-order valence-electron chi connectivity index (χ4n) is 3.66. The lowest BCUT2D eigenvalue weighted by atomic mass is 10.1. The number of aromatic nitrogens is 1. The number of nitrogens with zero attached hydrogens (tertiary/aromatic N) is 3. The molecule has 1 atom stereocenters. The van der Waals surface area contributed by atoms with Crippen LogP contribution in [-0.4, -0.2) is 72.7 Å². The Bertz CT molecular complexity index is 655. The number of benzene rings is 1. The second-order valence-electron chi connectivity index (χ2n) is 6.77. The second kappa shape index (κ2) is 7.78. The van der Waals surface area contributed by atoms with Crippen molar-refractivity contribution in [2.45, 2.75) is 18.9 Å². The van der Waals surface area contributed by atoms with Crippen LogP contribution in [0.25, 0.3) is 10.9 Å². The molecule has 0 radical (unpaired) electrons. The van der Waals surface area contributed by atoms with E-state index in [1.165, 1.54) is 42.9 Å². The van der Waals surface area contributed by atoms with Gasteiger partial charge in [0.2, 0.25) is 0 Å². The SMILES string of the molecule is c1ccc2c(NC3CCCN(CCN4CCOCC4)C3)snc2c1. The lowest BCUT2D eigenvalue weighted by molar-refractivity contribution is 0.0321. The number of likely N-dealkylation sites (tertiary alicyclic amines) is 1. The maximum absolute atomic E-state index is 5.43. The van der Waals surface area contributed by atoms with E-state index in [1.54, 1.807) is 11.5 Å². The van der Waals surface area contributed by atoms with Gasteiger partial charge < -0.3 is 15.0 Å². The third-order valence-electron chi connectivity index (χ3n) is 5.06. The summed E-state index contributed by atoms with van der Waals surface area (Å²) >= 11 is 1.59. The highest BCUT2D eigenvalue weighted by atomic mass is 32.1. The molecule has 0 saturated carbocycles. The summed E-state index contributed by atoms with van der Waals surface area (Å²) in [4.78, 5) is 5.14. The summed E-state index contributed by atoms with van der Waals surface area (Å²) in [6.07, 6.45) is 2.53. The zero-order chi connectivity index (χ0) is 16.2. The average molecular weight is 347 g/mol. The summed E-state index contributed by atoms with van der Waals surface area (Å²) in [7, 11) is 0. The minimum Gasteiger partial charge on any atom is -0.379 e. The lowest BCUT2D eigenvalue weighted by Crippen LogP contribution is -2.46. The highest BCUT2D eigenvalue weighted by molar-refractivity contribution is 7.11. The zero-order valence-corrected chi connectivity index (χ0v) is 14.9. The van der Waals surface area contributed by atoms with Gasteiger partial charge in [-0.05, 0) is 43.1 Å². The van der Waals surface area contributed by atoms with Crippen LogP contribution in [0.4, 0.5) is 5.00 Å². The molecule has 5 nitrogen and oxygen atoms in total. The number of morpholine rings is 1. The molecule has 1 aromatic heterocycles. The molecule has 2 aliphatic rings. The monoisotopic (exact) mass is 346 g/mol. The number of nitrogens with one attached hydrogen (secondary N) is 1. The molecule has 0 amide bonds. The molecule has 6 heteroatoms. The third-order valence-corrected chi connectivity index (χ3v) is 5.87. The summed E-state index contributed by atoms with van der Waals surface area (Å²) < 4.78 is 9.98. The van der Waals surface area contributed by atoms with Gasteiger partial charge in [0.05, 0.1) is 18.7 Å². The molecule has 2 fully saturated rings. The van der Waals surface area contributed by atoms with E-state index in [2.05, 4.69) is 43.8 Å². The van der Waals surface area contributed by atoms with Crippen LogP contribution in [0.3, 0.4) is 0 Å². The summed E-state index contributed by atoms with van der Waals surface area (Å²) in [6.45, 7) is 8.65. The largest absolute Gasteiger partial charge is 0.379 e. The zero-order valence-electron chi connectivity index (χ0n) is 14.1. The van der Waals surface area contributed by atoms with Crippen LogP contribution in [0.5, 0.6) is 0 Å². The number of rotatable bonds is 5. The van der Waals surface area contributed by atoms with Crippen molar-refractivity contribution in [2.75, 3.05) is 57.8 Å². The first-order valence-electron chi connectivity index (χ1n) is 9.02. The van der Waals surface area contributed by atoms with Gasteiger partial charge in [-0.25, -0.2) is 0 Å². The molecule has 1 unspecified atom stereocenters. The Balaban J connectivity index is 1.31. The van der Waals surface area contributed by atoms with Crippen molar-refractivity contribution in [1.29, 1.82) is 0 Å². The molecule has 2 aromatic rings. The summed E-state index contributed by atoms with van der Waals surface area (Å²) in [5, 5.41) is 6.24. The molecule has 130 valence electrons. The predicted molar refractivity (Wildman–Crippen MR) is 100.0 cm³/mol. The number of fused-ring (bicyclic) bond motifs is 1. The minimum absolute atomic E-state index is 0.535. The molecule has 2 saturated heterocycles. The normalized spacial score (nSPS) is 23.6. The summed E-state index contributed by atoms with van der Waals surface area (Å²) in [5.74, 6) is 0. The summed E-state index contributed by atoms with van der Waals surface area (Å²) in [5.41, 5.74) is 1.10. The predicted octanol–water partition coefficient (Wildman–Crippen LogP) is 2.50. The quantitative estimate of drug-likeness (QED) is 0.901. The molecule has 2 aliphatic heterocycles. The fraction of sp³-hybridized carbons (Fsp3) is 0.611. The topological polar surface area (TPSA) is 40.6 Å². The van der Waals surface area contributed by atoms with Crippen LogP contribution in [0.15, 0.2) is 24.3 Å². The Morgan fingerprint density at radius 1 is 1.12 bits per heavy atom. The fourth-order valence-corrected chi connectivity index (χ4v) is 4.50. The lowest BCUT2D eigenvalue weighted by Gasteiger charge is -2.35. The van der Waals surface area contributed by atoms with Gasteiger partial charge in [0.1, 0.15) is 5.00 Å². The Morgan fingerprint density at radius 2 is 1.96 bits per heavy atom. The molecule has 4 rings (SSSR count). The maximum Gasteiger partial charge on any atom is 0.117 e. The van der Waals surface area contributed by atoms with Crippen LogP contribution in [0, 0.1) is 0 Å². The first-order chi connectivity index (χ1) is 11.9. The van der Waals surface area contributed by atoms with Gasteiger partial charge in [0.25, 0.3) is 0 Å². The molecule has 1 aromatic carbocycles. The van der Waals surface area contributed by atoms with E-state index in [9.17, 15) is 0 Å². The Hall–Kier alpha value is -1.21. The van der Waals surface area contributed by atoms with E-state index in [4.69, 9.17) is 4.74 Å². The maximum atomic E-state index is 5.43. The molecule has 3 heterocycles. The molecular weight excluding hydrogens is 320 g/mol. The van der Waals surface area contributed by atoms with Crippen LogP contribution < -0.4 is 5.32 Å². The highest BCUT2D eigenvalue weighted by Crippen LogP contribution is 2.29. The van der Waals surface area contributed by atoms with E-state index in [0.717, 1.165) is 38.4 Å². The van der Waals surface area contributed by atoms with Gasteiger partial charge in [-0.2, -0.15) is 4.37 Å². The van der Waals surface area contributed by atoms with Crippen molar-refractivity contribution in [2.24, 2.45) is 0 Å². The summed E-state index contributed by atoms with van der Waals surface area (Å²) in [6, 6.07) is 8.94. The third kappa shape index (κ3) is 3.88. The van der Waals surface area contributed by atoms with Crippen LogP contribution in [0.1, 0.15) is 12.8 Å². The Morgan fingerprint density at radius 3 is 2.88 bits per heavy atom. The molecule has 0 aliphatic carbocycles. The van der Waals surface area contributed by atoms with E-state index in [0.29, 0.717) is 6.04 Å². The van der Waals surface area contributed by atoms with Crippen molar-refractivity contribution in [1.82, 2.24) is 14.2 Å². The number of anilines is 1.